The van der Waals surface area contributed by atoms with Gasteiger partial charge in [-0.05, 0) is 55.2 Å². The highest BCUT2D eigenvalue weighted by Gasteiger charge is 2.14. The third-order valence-electron chi connectivity index (χ3n) is 4.57. The number of ether oxygens (including phenoxy) is 2. The lowest BCUT2D eigenvalue weighted by Gasteiger charge is -2.15. The lowest BCUT2D eigenvalue weighted by atomic mass is 10.0. The quantitative estimate of drug-likeness (QED) is 0.565. The summed E-state index contributed by atoms with van der Waals surface area (Å²) in [5.74, 6) is 0.257. The van der Waals surface area contributed by atoms with Crippen molar-refractivity contribution in [3.63, 3.8) is 0 Å². The molecule has 0 aliphatic rings. The van der Waals surface area contributed by atoms with Gasteiger partial charge in [-0.25, -0.2) is 9.78 Å². The molecular weight excluding hydrogens is 392 g/mol. The van der Waals surface area contributed by atoms with E-state index in [1.54, 1.807) is 6.07 Å². The molecule has 3 aromatic rings. The minimum atomic E-state index is -0.543. The van der Waals surface area contributed by atoms with Gasteiger partial charge < -0.3 is 9.47 Å². The van der Waals surface area contributed by atoms with Crippen molar-refractivity contribution in [2.45, 2.75) is 40.2 Å². The Hall–Kier alpha value is -2.86. The van der Waals surface area contributed by atoms with E-state index in [1.165, 1.54) is 10.5 Å². The fraction of sp³-hybridized carbons (Fsp3) is 0.318. The van der Waals surface area contributed by atoms with Crippen LogP contribution in [0, 0.1) is 13.8 Å². The third-order valence-corrected chi connectivity index (χ3v) is 4.98. The summed E-state index contributed by atoms with van der Waals surface area (Å²) in [4.78, 5) is 28.8. The Balaban J connectivity index is 1.66. The van der Waals surface area contributed by atoms with E-state index in [0.717, 1.165) is 16.8 Å². The molecule has 0 N–H and O–H groups in total. The molecule has 0 aliphatic carbocycles. The molecule has 0 unspecified atom stereocenters. The molecule has 29 heavy (non-hydrogen) atoms. The van der Waals surface area contributed by atoms with Crippen molar-refractivity contribution in [1.82, 2.24) is 9.38 Å². The SMILES string of the molecule is Cc1cc(OCC(=O)OCc2cc(=O)n3c(C)cccc3n2)c(C(C)C)cc1Cl. The average molecular weight is 415 g/mol. The highest BCUT2D eigenvalue weighted by molar-refractivity contribution is 6.31. The molecule has 0 radical (unpaired) electrons. The first-order valence-corrected chi connectivity index (χ1v) is 9.71. The Morgan fingerprint density at radius 2 is 1.97 bits per heavy atom. The van der Waals surface area contributed by atoms with E-state index in [9.17, 15) is 9.59 Å². The van der Waals surface area contributed by atoms with Crippen molar-refractivity contribution in [3.8, 4) is 5.75 Å². The van der Waals surface area contributed by atoms with Crippen molar-refractivity contribution in [2.75, 3.05) is 6.61 Å². The summed E-state index contributed by atoms with van der Waals surface area (Å²) >= 11 is 6.19. The number of fused-ring (bicyclic) bond motifs is 1. The minimum absolute atomic E-state index is 0.0987. The summed E-state index contributed by atoms with van der Waals surface area (Å²) in [5.41, 5.74) is 3.27. The molecule has 1 aromatic carbocycles. The van der Waals surface area contributed by atoms with Crippen molar-refractivity contribution >= 4 is 23.2 Å². The topological polar surface area (TPSA) is 69.9 Å². The highest BCUT2D eigenvalue weighted by Crippen LogP contribution is 2.32. The predicted octanol–water partition coefficient (Wildman–Crippen LogP) is 4.21. The average Bonchev–Trinajstić information content (AvgIpc) is 2.66. The fourth-order valence-corrected chi connectivity index (χ4v) is 3.19. The Kier molecular flexibility index (Phi) is 6.23. The van der Waals surface area contributed by atoms with E-state index < -0.39 is 5.97 Å². The largest absolute Gasteiger partial charge is 0.482 e. The van der Waals surface area contributed by atoms with Crippen LogP contribution in [0.5, 0.6) is 5.75 Å². The zero-order valence-electron chi connectivity index (χ0n) is 16.9. The van der Waals surface area contributed by atoms with Crippen LogP contribution in [0.2, 0.25) is 5.02 Å². The van der Waals surface area contributed by atoms with Crippen LogP contribution in [0.1, 0.15) is 42.3 Å². The number of hydrogen-bond acceptors (Lipinski definition) is 5. The second-order valence-corrected chi connectivity index (χ2v) is 7.60. The normalized spacial score (nSPS) is 11.1. The van der Waals surface area contributed by atoms with Crippen LogP contribution in [0.4, 0.5) is 0 Å². The molecule has 6 nitrogen and oxygen atoms in total. The molecule has 2 aromatic heterocycles. The number of halogens is 1. The Labute approximate surface area is 174 Å². The molecule has 0 atom stereocenters. The Morgan fingerprint density at radius 3 is 2.69 bits per heavy atom. The molecule has 0 aliphatic heterocycles. The maximum atomic E-state index is 12.3. The van der Waals surface area contributed by atoms with Crippen LogP contribution in [0.15, 0.2) is 41.2 Å². The summed E-state index contributed by atoms with van der Waals surface area (Å²) in [5, 5.41) is 0.660. The molecule has 7 heteroatoms. The number of hydrogen-bond donors (Lipinski definition) is 0. The van der Waals surface area contributed by atoms with Crippen LogP contribution in [-0.2, 0) is 16.1 Å². The first kappa shape index (κ1) is 20.9. The van der Waals surface area contributed by atoms with Gasteiger partial charge in [0.05, 0.1) is 5.69 Å². The van der Waals surface area contributed by atoms with Crippen LogP contribution in [0.25, 0.3) is 5.65 Å². The van der Waals surface area contributed by atoms with Gasteiger partial charge in [0.1, 0.15) is 18.0 Å². The van der Waals surface area contributed by atoms with Gasteiger partial charge in [0.25, 0.3) is 5.56 Å². The zero-order chi connectivity index (χ0) is 21.1. The van der Waals surface area contributed by atoms with Gasteiger partial charge in [-0.2, -0.15) is 0 Å². The van der Waals surface area contributed by atoms with Crippen molar-refractivity contribution in [3.05, 3.63) is 74.3 Å². The van der Waals surface area contributed by atoms with Gasteiger partial charge >= 0.3 is 5.97 Å². The molecule has 0 saturated carbocycles. The summed E-state index contributed by atoms with van der Waals surface area (Å²) in [6.07, 6.45) is 0. The van der Waals surface area contributed by atoms with Gasteiger partial charge in [0.2, 0.25) is 0 Å². The molecule has 152 valence electrons. The standard InChI is InChI=1S/C22H23ClN2O4/c1-13(2)17-10-18(23)14(3)8-19(17)28-12-22(27)29-11-16-9-21(26)25-15(4)6-5-7-20(25)24-16/h5-10,13H,11-12H2,1-4H3. The van der Waals surface area contributed by atoms with Crippen LogP contribution in [-0.4, -0.2) is 22.0 Å². The summed E-state index contributed by atoms with van der Waals surface area (Å²) < 4.78 is 12.4. The lowest BCUT2D eigenvalue weighted by Crippen LogP contribution is -2.20. The van der Waals surface area contributed by atoms with E-state index in [4.69, 9.17) is 21.1 Å². The van der Waals surface area contributed by atoms with Crippen molar-refractivity contribution in [1.29, 1.82) is 0 Å². The van der Waals surface area contributed by atoms with E-state index in [2.05, 4.69) is 4.98 Å². The summed E-state index contributed by atoms with van der Waals surface area (Å²) in [6, 6.07) is 10.4. The summed E-state index contributed by atoms with van der Waals surface area (Å²) in [7, 11) is 0. The number of aromatic nitrogens is 2. The second-order valence-electron chi connectivity index (χ2n) is 7.19. The third kappa shape index (κ3) is 4.77. The van der Waals surface area contributed by atoms with Crippen molar-refractivity contribution in [2.24, 2.45) is 0 Å². The first-order valence-electron chi connectivity index (χ1n) is 9.33. The molecule has 0 fully saturated rings. The monoisotopic (exact) mass is 414 g/mol. The lowest BCUT2D eigenvalue weighted by molar-refractivity contribution is -0.147. The number of pyridine rings is 1. The molecule has 0 amide bonds. The Bertz CT molecular complexity index is 1120. The second kappa shape index (κ2) is 8.66. The number of aryl methyl sites for hydroxylation is 2. The molecule has 2 heterocycles. The van der Waals surface area contributed by atoms with Crippen LogP contribution in [0.3, 0.4) is 0 Å². The van der Waals surface area contributed by atoms with Crippen molar-refractivity contribution < 1.29 is 14.3 Å². The van der Waals surface area contributed by atoms with E-state index >= 15 is 0 Å². The number of benzene rings is 1. The number of carbonyl (C=O) groups excluding carboxylic acids is 1. The van der Waals surface area contributed by atoms with Gasteiger partial charge in [0, 0.05) is 16.8 Å². The predicted molar refractivity (Wildman–Crippen MR) is 112 cm³/mol. The number of esters is 1. The zero-order valence-corrected chi connectivity index (χ0v) is 17.6. The number of nitrogens with zero attached hydrogens (tertiary/aromatic N) is 2. The number of carbonyl (C=O) groups is 1. The molecule has 0 bridgehead atoms. The maximum absolute atomic E-state index is 12.3. The number of rotatable bonds is 6. The van der Waals surface area contributed by atoms with E-state index in [-0.39, 0.29) is 24.7 Å². The van der Waals surface area contributed by atoms with Gasteiger partial charge in [0.15, 0.2) is 6.61 Å². The molecule has 0 saturated heterocycles. The highest BCUT2D eigenvalue weighted by atomic mass is 35.5. The van der Waals surface area contributed by atoms with Gasteiger partial charge in [-0.3, -0.25) is 9.20 Å². The van der Waals surface area contributed by atoms with E-state index in [1.807, 2.05) is 52.0 Å². The van der Waals surface area contributed by atoms with Gasteiger partial charge in [-0.15, -0.1) is 0 Å². The van der Waals surface area contributed by atoms with E-state index in [0.29, 0.717) is 22.1 Å². The molecular formula is C22H23ClN2O4. The smallest absolute Gasteiger partial charge is 0.344 e. The Morgan fingerprint density at radius 1 is 1.21 bits per heavy atom. The van der Waals surface area contributed by atoms with Gasteiger partial charge in [-0.1, -0.05) is 31.5 Å². The van der Waals surface area contributed by atoms with Crippen LogP contribution >= 0.6 is 11.6 Å². The molecule has 3 rings (SSSR count). The van der Waals surface area contributed by atoms with Crippen LogP contribution < -0.4 is 10.3 Å². The fourth-order valence-electron chi connectivity index (χ4n) is 3.02. The minimum Gasteiger partial charge on any atom is -0.482 e. The maximum Gasteiger partial charge on any atom is 0.344 e. The summed E-state index contributed by atoms with van der Waals surface area (Å²) in [6.45, 7) is 7.42. The first-order chi connectivity index (χ1) is 13.8. The molecule has 0 spiro atoms.